The summed E-state index contributed by atoms with van der Waals surface area (Å²) < 4.78 is -0.461. The van der Waals surface area contributed by atoms with Gasteiger partial charge in [0.15, 0.2) is 0 Å². The van der Waals surface area contributed by atoms with Gasteiger partial charge in [-0.3, -0.25) is 14.4 Å². The van der Waals surface area contributed by atoms with Gasteiger partial charge in [-0.05, 0) is 37.8 Å². The number of unbranched alkanes of at least 4 members (excludes halogenated alkanes) is 2. The fraction of sp³-hybridized carbons (Fsp3) is 0.609. The van der Waals surface area contributed by atoms with Crippen LogP contribution in [0.5, 0.6) is 0 Å². The molecule has 3 amide bonds. The number of nitrogens with zero attached hydrogens (tertiary/aromatic N) is 1. The van der Waals surface area contributed by atoms with Crippen LogP contribution in [0.2, 0.25) is 0 Å². The molecule has 1 fully saturated rings. The lowest BCUT2D eigenvalue weighted by molar-refractivity contribution is -0.132. The molecule has 2 aliphatic rings. The van der Waals surface area contributed by atoms with E-state index in [9.17, 15) is 14.4 Å². The monoisotopic (exact) mass is 431 g/mol. The standard InChI is InChI=1S/C23H33N3O3S/c1-6-7-10-13-24-19(27)17(14(2)3)25-20(28)18-23(4,5)30-22-16-12-9-8-11-15(16)21(29)26(18)22/h8-9,11-12,14,17-18,22H,6-7,10,13H2,1-5H3,(H,24,27)(H,25,28). The van der Waals surface area contributed by atoms with Gasteiger partial charge in [0, 0.05) is 16.9 Å². The molecule has 164 valence electrons. The molecule has 0 radical (unpaired) electrons. The van der Waals surface area contributed by atoms with Crippen LogP contribution in [-0.2, 0) is 9.59 Å². The Labute approximate surface area is 183 Å². The molecule has 1 aromatic rings. The highest BCUT2D eigenvalue weighted by atomic mass is 32.2. The molecule has 0 saturated carbocycles. The second-order valence-corrected chi connectivity index (χ2v) is 10.7. The molecular weight excluding hydrogens is 398 g/mol. The van der Waals surface area contributed by atoms with E-state index in [2.05, 4.69) is 17.6 Å². The summed E-state index contributed by atoms with van der Waals surface area (Å²) in [7, 11) is 0. The first-order valence-corrected chi connectivity index (χ1v) is 11.7. The molecule has 0 aromatic heterocycles. The van der Waals surface area contributed by atoms with Gasteiger partial charge in [-0.15, -0.1) is 11.8 Å². The van der Waals surface area contributed by atoms with Crippen molar-refractivity contribution in [2.45, 2.75) is 76.1 Å². The fourth-order valence-corrected chi connectivity index (χ4v) is 5.86. The molecule has 3 unspecified atom stereocenters. The number of thioether (sulfide) groups is 1. The molecule has 0 spiro atoms. The summed E-state index contributed by atoms with van der Waals surface area (Å²) in [5.74, 6) is -0.595. The number of amides is 3. The normalized spacial score (nSPS) is 22.6. The lowest BCUT2D eigenvalue weighted by Crippen LogP contribution is -2.58. The third-order valence-corrected chi connectivity index (χ3v) is 7.41. The summed E-state index contributed by atoms with van der Waals surface area (Å²) in [5, 5.41) is 5.74. The summed E-state index contributed by atoms with van der Waals surface area (Å²) in [6.07, 6.45) is 3.07. The van der Waals surface area contributed by atoms with Crippen molar-refractivity contribution in [2.75, 3.05) is 6.54 Å². The summed E-state index contributed by atoms with van der Waals surface area (Å²) in [4.78, 5) is 40.9. The maximum atomic E-state index is 13.4. The zero-order valence-electron chi connectivity index (χ0n) is 18.5. The number of hydrogen-bond acceptors (Lipinski definition) is 4. The molecule has 0 aliphatic carbocycles. The van der Waals surface area contributed by atoms with Gasteiger partial charge >= 0.3 is 0 Å². The van der Waals surface area contributed by atoms with Crippen LogP contribution >= 0.6 is 11.8 Å². The zero-order valence-corrected chi connectivity index (χ0v) is 19.3. The van der Waals surface area contributed by atoms with Crippen LogP contribution in [0.1, 0.15) is 75.2 Å². The van der Waals surface area contributed by atoms with Crippen molar-refractivity contribution in [2.24, 2.45) is 5.92 Å². The van der Waals surface area contributed by atoms with Crippen molar-refractivity contribution in [3.8, 4) is 0 Å². The topological polar surface area (TPSA) is 78.5 Å². The zero-order chi connectivity index (χ0) is 22.1. The Kier molecular flexibility index (Phi) is 6.80. The predicted molar refractivity (Wildman–Crippen MR) is 120 cm³/mol. The van der Waals surface area contributed by atoms with E-state index in [1.807, 2.05) is 52.0 Å². The first-order valence-electron chi connectivity index (χ1n) is 10.9. The third-order valence-electron chi connectivity index (χ3n) is 5.87. The van der Waals surface area contributed by atoms with Gasteiger partial charge in [0.2, 0.25) is 11.8 Å². The smallest absolute Gasteiger partial charge is 0.256 e. The third kappa shape index (κ3) is 4.22. The quantitative estimate of drug-likeness (QED) is 0.618. The average Bonchev–Trinajstić information content (AvgIpc) is 3.12. The number of rotatable bonds is 8. The summed E-state index contributed by atoms with van der Waals surface area (Å²) in [6.45, 7) is 10.6. The van der Waals surface area contributed by atoms with Gasteiger partial charge in [-0.2, -0.15) is 0 Å². The van der Waals surface area contributed by atoms with Gasteiger partial charge in [-0.25, -0.2) is 0 Å². The van der Waals surface area contributed by atoms with Crippen molar-refractivity contribution in [1.82, 2.24) is 15.5 Å². The lowest BCUT2D eigenvalue weighted by Gasteiger charge is -2.32. The largest absolute Gasteiger partial charge is 0.354 e. The Hall–Kier alpha value is -2.02. The number of hydrogen-bond donors (Lipinski definition) is 2. The summed E-state index contributed by atoms with van der Waals surface area (Å²) >= 11 is 1.63. The number of carbonyl (C=O) groups excluding carboxylic acids is 3. The molecule has 7 heteroatoms. The Bertz CT molecular complexity index is 824. The molecule has 3 rings (SSSR count). The molecule has 1 aromatic carbocycles. The number of carbonyl (C=O) groups is 3. The van der Waals surface area contributed by atoms with Crippen molar-refractivity contribution in [3.05, 3.63) is 35.4 Å². The molecule has 3 atom stereocenters. The minimum Gasteiger partial charge on any atom is -0.354 e. The molecule has 6 nitrogen and oxygen atoms in total. The Morgan fingerprint density at radius 2 is 1.90 bits per heavy atom. The SMILES string of the molecule is CCCCCNC(=O)C(NC(=O)C1N2C(=O)c3ccccc3C2SC1(C)C)C(C)C. The van der Waals surface area contributed by atoms with E-state index in [1.165, 1.54) is 0 Å². The van der Waals surface area contributed by atoms with E-state index < -0.39 is 16.8 Å². The average molecular weight is 432 g/mol. The molecule has 2 heterocycles. The van der Waals surface area contributed by atoms with Crippen molar-refractivity contribution in [1.29, 1.82) is 0 Å². The van der Waals surface area contributed by atoms with E-state index in [-0.39, 0.29) is 29.0 Å². The molecule has 2 aliphatic heterocycles. The minimum absolute atomic E-state index is 0.0560. The molecule has 0 bridgehead atoms. The van der Waals surface area contributed by atoms with Crippen LogP contribution in [0.3, 0.4) is 0 Å². The fourth-order valence-electron chi connectivity index (χ4n) is 4.27. The van der Waals surface area contributed by atoms with E-state index in [1.54, 1.807) is 16.7 Å². The van der Waals surface area contributed by atoms with Crippen LogP contribution in [0.4, 0.5) is 0 Å². The van der Waals surface area contributed by atoms with E-state index in [4.69, 9.17) is 0 Å². The lowest BCUT2D eigenvalue weighted by atomic mass is 9.98. The number of nitrogens with one attached hydrogen (secondary N) is 2. The van der Waals surface area contributed by atoms with Gasteiger partial charge in [0.05, 0.1) is 0 Å². The highest BCUT2D eigenvalue weighted by molar-refractivity contribution is 8.01. The van der Waals surface area contributed by atoms with Crippen LogP contribution in [0.15, 0.2) is 24.3 Å². The van der Waals surface area contributed by atoms with Gasteiger partial charge in [0.1, 0.15) is 17.5 Å². The van der Waals surface area contributed by atoms with Crippen molar-refractivity contribution >= 4 is 29.5 Å². The maximum Gasteiger partial charge on any atom is 0.256 e. The molecule has 1 saturated heterocycles. The van der Waals surface area contributed by atoms with Gasteiger partial charge in [0.25, 0.3) is 5.91 Å². The first kappa shape index (κ1) is 22.7. The maximum absolute atomic E-state index is 13.4. The Morgan fingerprint density at radius 3 is 2.57 bits per heavy atom. The molecule has 30 heavy (non-hydrogen) atoms. The summed E-state index contributed by atoms with van der Waals surface area (Å²) in [5.41, 5.74) is 1.63. The Morgan fingerprint density at radius 1 is 1.20 bits per heavy atom. The van der Waals surface area contributed by atoms with E-state index in [0.29, 0.717) is 12.1 Å². The van der Waals surface area contributed by atoms with Crippen LogP contribution in [-0.4, -0.2) is 46.0 Å². The van der Waals surface area contributed by atoms with E-state index in [0.717, 1.165) is 24.8 Å². The van der Waals surface area contributed by atoms with Crippen LogP contribution in [0, 0.1) is 5.92 Å². The van der Waals surface area contributed by atoms with Gasteiger partial charge in [-0.1, -0.05) is 51.8 Å². The van der Waals surface area contributed by atoms with Crippen molar-refractivity contribution in [3.63, 3.8) is 0 Å². The van der Waals surface area contributed by atoms with Crippen LogP contribution < -0.4 is 10.6 Å². The minimum atomic E-state index is -0.637. The highest BCUT2D eigenvalue weighted by Crippen LogP contribution is 2.56. The number of fused-ring (bicyclic) bond motifs is 3. The number of benzene rings is 1. The van der Waals surface area contributed by atoms with E-state index >= 15 is 0 Å². The van der Waals surface area contributed by atoms with Crippen LogP contribution in [0.25, 0.3) is 0 Å². The van der Waals surface area contributed by atoms with Gasteiger partial charge < -0.3 is 15.5 Å². The second-order valence-electron chi connectivity index (χ2n) is 9.00. The first-order chi connectivity index (χ1) is 14.2. The second kappa shape index (κ2) is 9.00. The summed E-state index contributed by atoms with van der Waals surface area (Å²) in [6, 6.07) is 6.29. The molecule has 2 N–H and O–H groups in total. The van der Waals surface area contributed by atoms with Crippen molar-refractivity contribution < 1.29 is 14.4 Å². The predicted octanol–water partition coefficient (Wildman–Crippen LogP) is 3.48. The molecular formula is C23H33N3O3S. The highest BCUT2D eigenvalue weighted by Gasteiger charge is 2.57. The Balaban J connectivity index is 1.76.